The minimum absolute atomic E-state index is 0.0105. The highest BCUT2D eigenvalue weighted by Crippen LogP contribution is 2.51. The van der Waals surface area contributed by atoms with Crippen molar-refractivity contribution >= 4 is 44.6 Å². The summed E-state index contributed by atoms with van der Waals surface area (Å²) in [6, 6.07) is 72.2. The van der Waals surface area contributed by atoms with Crippen LogP contribution in [0.25, 0.3) is 84.0 Å². The first-order chi connectivity index (χ1) is 36.6. The van der Waals surface area contributed by atoms with E-state index in [1.807, 2.05) is 6.20 Å². The maximum absolute atomic E-state index is 5.48. The van der Waals surface area contributed by atoms with Gasteiger partial charge in [-0.25, -0.2) is 19.9 Å². The SMILES string of the molecule is CC(C)(C)c1ccc(-c2nc(-c3cc(N4CN(c5c(-c6ccccc6)cccc5-c5ccccc5)c5ccccc54)cc(C(C)(C)C)c3)nc(-c3ccc4c5ccccc5n(-c5cc(C(C)(C)C)ccn5)c4c3)n2)cc1. The number of pyridine rings is 1. The van der Waals surface area contributed by atoms with Crippen LogP contribution in [0.1, 0.15) is 79.0 Å². The Labute approximate surface area is 447 Å². The molecule has 0 radical (unpaired) electrons. The van der Waals surface area contributed by atoms with Gasteiger partial charge in [0.25, 0.3) is 0 Å². The Hall–Kier alpha value is -8.68. The molecule has 0 saturated heterocycles. The number of aromatic nitrogens is 5. The van der Waals surface area contributed by atoms with Gasteiger partial charge in [0, 0.05) is 50.5 Å². The van der Waals surface area contributed by atoms with Crippen LogP contribution in [0.5, 0.6) is 0 Å². The Morgan fingerprint density at radius 3 is 1.54 bits per heavy atom. The van der Waals surface area contributed by atoms with E-state index in [1.54, 1.807) is 0 Å². The van der Waals surface area contributed by atoms with Crippen molar-refractivity contribution in [3.8, 4) is 62.2 Å². The summed E-state index contributed by atoms with van der Waals surface area (Å²) in [6.45, 7) is 20.9. The molecule has 8 aromatic carbocycles. The largest absolute Gasteiger partial charge is 0.321 e. The van der Waals surface area contributed by atoms with Gasteiger partial charge in [-0.15, -0.1) is 0 Å². The first-order valence-electron chi connectivity index (χ1n) is 26.5. The van der Waals surface area contributed by atoms with E-state index in [4.69, 9.17) is 19.9 Å². The van der Waals surface area contributed by atoms with Crippen molar-refractivity contribution in [2.75, 3.05) is 16.5 Å². The standard InChI is InChI=1S/C69H63N7/c1-67(2,3)50-34-31-47(32-35-50)64-71-65(48-33-36-57-56-25-16-17-28-58(56)76(61(57)41-48)62-43-51(37-38-70-62)68(4,5)6)73-66(72-64)49-39-52(69(7,8)9)42-53(40-49)74-44-75(60-30-19-18-29-59(60)74)63-54(45-21-12-10-13-22-45)26-20-27-55(63)46-23-14-11-15-24-46/h10-43H,44H2,1-9H3. The molecule has 0 atom stereocenters. The van der Waals surface area contributed by atoms with Gasteiger partial charge in [-0.1, -0.05) is 208 Å². The van der Waals surface area contributed by atoms with E-state index in [1.165, 1.54) is 44.6 Å². The van der Waals surface area contributed by atoms with Crippen molar-refractivity contribution in [1.29, 1.82) is 0 Å². The fraction of sp³-hybridized carbons (Fsp3) is 0.188. The lowest BCUT2D eigenvalue weighted by molar-refractivity contribution is 0.588. The zero-order valence-corrected chi connectivity index (χ0v) is 45.0. The Morgan fingerprint density at radius 2 is 0.908 bits per heavy atom. The monoisotopic (exact) mass is 990 g/mol. The molecule has 7 nitrogen and oxygen atoms in total. The Morgan fingerprint density at radius 1 is 0.368 bits per heavy atom. The lowest BCUT2D eigenvalue weighted by atomic mass is 9.85. The van der Waals surface area contributed by atoms with Crippen LogP contribution in [0.3, 0.4) is 0 Å². The number of nitrogens with zero attached hydrogens (tertiary/aromatic N) is 7. The molecule has 0 fully saturated rings. The normalized spacial score (nSPS) is 13.0. The lowest BCUT2D eigenvalue weighted by Crippen LogP contribution is -2.25. The molecule has 0 saturated carbocycles. The zero-order valence-electron chi connectivity index (χ0n) is 45.0. The summed E-state index contributed by atoms with van der Waals surface area (Å²) in [5.74, 6) is 2.70. The highest BCUT2D eigenvalue weighted by atomic mass is 15.4. The number of benzene rings is 8. The average molecular weight is 990 g/mol. The average Bonchev–Trinajstić information content (AvgIpc) is 4.13. The third-order valence-corrected chi connectivity index (χ3v) is 15.0. The smallest absolute Gasteiger partial charge is 0.164 e. The van der Waals surface area contributed by atoms with Crippen LogP contribution >= 0.6 is 0 Å². The molecular formula is C69H63N7. The Balaban J connectivity index is 1.04. The molecule has 0 bridgehead atoms. The van der Waals surface area contributed by atoms with Gasteiger partial charge in [0.1, 0.15) is 12.5 Å². The van der Waals surface area contributed by atoms with Gasteiger partial charge < -0.3 is 9.80 Å². The number of hydrogen-bond acceptors (Lipinski definition) is 6. The molecule has 1 aliphatic rings. The zero-order chi connectivity index (χ0) is 52.5. The number of rotatable bonds is 8. The molecule has 1 aliphatic heterocycles. The van der Waals surface area contributed by atoms with E-state index < -0.39 is 0 Å². The van der Waals surface area contributed by atoms with Gasteiger partial charge in [-0.3, -0.25) is 4.57 Å². The molecule has 0 spiro atoms. The molecule has 76 heavy (non-hydrogen) atoms. The van der Waals surface area contributed by atoms with Crippen molar-refractivity contribution in [2.24, 2.45) is 0 Å². The number of anilines is 4. The topological polar surface area (TPSA) is 63.0 Å². The van der Waals surface area contributed by atoms with Crippen molar-refractivity contribution in [1.82, 2.24) is 24.5 Å². The van der Waals surface area contributed by atoms with E-state index in [9.17, 15) is 0 Å². The molecule has 12 rings (SSSR count). The molecule has 0 amide bonds. The van der Waals surface area contributed by atoms with Crippen molar-refractivity contribution in [3.63, 3.8) is 0 Å². The molecule has 0 unspecified atom stereocenters. The van der Waals surface area contributed by atoms with Crippen molar-refractivity contribution in [3.05, 3.63) is 223 Å². The Kier molecular flexibility index (Phi) is 11.8. The van der Waals surface area contributed by atoms with Crippen LogP contribution in [0.4, 0.5) is 22.7 Å². The van der Waals surface area contributed by atoms with Crippen LogP contribution in [0.15, 0.2) is 206 Å². The highest BCUT2D eigenvalue weighted by molar-refractivity contribution is 6.10. The van der Waals surface area contributed by atoms with Crippen LogP contribution in [-0.4, -0.2) is 31.2 Å². The summed E-state index contributed by atoms with van der Waals surface area (Å²) in [6.07, 6.45) is 1.93. The molecule has 0 N–H and O–H groups in total. The van der Waals surface area contributed by atoms with Gasteiger partial charge >= 0.3 is 0 Å². The summed E-state index contributed by atoms with van der Waals surface area (Å²) in [7, 11) is 0. The van der Waals surface area contributed by atoms with Gasteiger partial charge in [0.2, 0.25) is 0 Å². The van der Waals surface area contributed by atoms with Gasteiger partial charge in [-0.05, 0) is 98.7 Å². The first-order valence-corrected chi connectivity index (χ1v) is 26.5. The molecule has 7 heteroatoms. The van der Waals surface area contributed by atoms with E-state index >= 15 is 0 Å². The molecule has 4 heterocycles. The minimum atomic E-state index is -0.206. The molecular weight excluding hydrogens is 927 g/mol. The predicted molar refractivity (Wildman–Crippen MR) is 317 cm³/mol. The minimum Gasteiger partial charge on any atom is -0.321 e. The number of para-hydroxylation sites is 4. The fourth-order valence-electron chi connectivity index (χ4n) is 10.7. The molecule has 0 aliphatic carbocycles. The second-order valence-corrected chi connectivity index (χ2v) is 23.3. The van der Waals surface area contributed by atoms with E-state index in [0.29, 0.717) is 24.1 Å². The van der Waals surface area contributed by atoms with Crippen LogP contribution in [0.2, 0.25) is 0 Å². The molecule has 3 aromatic heterocycles. The first kappa shape index (κ1) is 48.3. The third-order valence-electron chi connectivity index (χ3n) is 15.0. The second-order valence-electron chi connectivity index (χ2n) is 23.3. The summed E-state index contributed by atoms with van der Waals surface area (Å²) in [5.41, 5.74) is 17.4. The molecule has 374 valence electrons. The van der Waals surface area contributed by atoms with Crippen molar-refractivity contribution in [2.45, 2.75) is 78.6 Å². The van der Waals surface area contributed by atoms with Gasteiger partial charge in [-0.2, -0.15) is 0 Å². The quantitative estimate of drug-likeness (QED) is 0.151. The maximum atomic E-state index is 5.48. The van der Waals surface area contributed by atoms with Gasteiger partial charge in [0.15, 0.2) is 17.5 Å². The third kappa shape index (κ3) is 8.89. The summed E-state index contributed by atoms with van der Waals surface area (Å²) in [4.78, 5) is 26.2. The highest BCUT2D eigenvalue weighted by Gasteiger charge is 2.33. The predicted octanol–water partition coefficient (Wildman–Crippen LogP) is 17.8. The maximum Gasteiger partial charge on any atom is 0.164 e. The van der Waals surface area contributed by atoms with Crippen LogP contribution in [0, 0.1) is 0 Å². The number of fused-ring (bicyclic) bond motifs is 4. The van der Waals surface area contributed by atoms with Gasteiger partial charge in [0.05, 0.1) is 28.1 Å². The lowest BCUT2D eigenvalue weighted by Gasteiger charge is -2.28. The van der Waals surface area contributed by atoms with Crippen LogP contribution < -0.4 is 9.80 Å². The second kappa shape index (κ2) is 18.6. The fourth-order valence-corrected chi connectivity index (χ4v) is 10.7. The van der Waals surface area contributed by atoms with E-state index in [2.05, 4.69) is 277 Å². The Bertz CT molecular complexity index is 3910. The van der Waals surface area contributed by atoms with Crippen molar-refractivity contribution < 1.29 is 0 Å². The van der Waals surface area contributed by atoms with Crippen LogP contribution in [-0.2, 0) is 16.2 Å². The van der Waals surface area contributed by atoms with E-state index in [0.717, 1.165) is 61.4 Å². The van der Waals surface area contributed by atoms with E-state index in [-0.39, 0.29) is 16.2 Å². The summed E-state index contributed by atoms with van der Waals surface area (Å²) in [5, 5.41) is 2.30. The summed E-state index contributed by atoms with van der Waals surface area (Å²) >= 11 is 0. The summed E-state index contributed by atoms with van der Waals surface area (Å²) < 4.78 is 2.29. The number of hydrogen-bond donors (Lipinski definition) is 0. The molecule has 11 aromatic rings.